The number of nitrogens with zero attached hydrogens (tertiary/aromatic N) is 2. The Hall–Kier alpha value is -1.07. The van der Waals surface area contributed by atoms with Crippen LogP contribution >= 0.6 is 0 Å². The highest BCUT2D eigenvalue weighted by molar-refractivity contribution is 4.79. The highest BCUT2D eigenvalue weighted by Crippen LogP contribution is 2.04. The van der Waals surface area contributed by atoms with Crippen molar-refractivity contribution in [1.29, 1.82) is 0 Å². The summed E-state index contributed by atoms with van der Waals surface area (Å²) in [4.78, 5) is 16.0. The van der Waals surface area contributed by atoms with E-state index in [0.29, 0.717) is 6.54 Å². The Labute approximate surface area is 82.3 Å². The molecule has 1 saturated heterocycles. The summed E-state index contributed by atoms with van der Waals surface area (Å²) in [6.45, 7) is 3.24. The second-order valence-corrected chi connectivity index (χ2v) is 3.67. The van der Waals surface area contributed by atoms with Crippen LogP contribution in [0, 0.1) is 0 Å². The summed E-state index contributed by atoms with van der Waals surface area (Å²) in [5.41, 5.74) is -0.0678. The third kappa shape index (κ3) is 2.05. The maximum Gasteiger partial charge on any atom is 0.325 e. The molecule has 1 atom stereocenters. The molecule has 0 radical (unpaired) electrons. The molecule has 0 amide bonds. The van der Waals surface area contributed by atoms with E-state index >= 15 is 0 Å². The van der Waals surface area contributed by atoms with Crippen molar-refractivity contribution in [3.8, 4) is 0 Å². The quantitative estimate of drug-likeness (QED) is 0.696. The van der Waals surface area contributed by atoms with Crippen molar-refractivity contribution in [2.24, 2.45) is 0 Å². The molecule has 2 rings (SSSR count). The van der Waals surface area contributed by atoms with E-state index in [1.54, 1.807) is 17.0 Å². The number of hydrogen-bond acceptors (Lipinski definition) is 3. The Balaban J connectivity index is 1.97. The normalized spacial score (nSPS) is 23.9. The van der Waals surface area contributed by atoms with E-state index in [9.17, 15) is 4.79 Å². The third-order valence-corrected chi connectivity index (χ3v) is 2.46. The van der Waals surface area contributed by atoms with Crippen LogP contribution in [0.4, 0.5) is 0 Å². The van der Waals surface area contributed by atoms with Gasteiger partial charge in [-0.3, -0.25) is 4.57 Å². The number of hydrogen-bond donors (Lipinski definition) is 1. The topological polar surface area (TPSA) is 50.3 Å². The second-order valence-electron chi connectivity index (χ2n) is 3.67. The first-order valence-electron chi connectivity index (χ1n) is 4.79. The van der Waals surface area contributed by atoms with Gasteiger partial charge in [0.25, 0.3) is 0 Å². The number of H-pyrrole nitrogens is 1. The number of nitrogens with one attached hydrogen (secondary N) is 1. The van der Waals surface area contributed by atoms with Gasteiger partial charge in [0.2, 0.25) is 0 Å². The Morgan fingerprint density at radius 1 is 1.71 bits per heavy atom. The Bertz CT molecular complexity index is 344. The first-order valence-corrected chi connectivity index (χ1v) is 4.79. The monoisotopic (exact) mass is 197 g/mol. The molecule has 0 bridgehead atoms. The van der Waals surface area contributed by atoms with Crippen molar-refractivity contribution in [3.63, 3.8) is 0 Å². The number of imidazole rings is 1. The number of ether oxygens (including phenoxy) is 1. The molecule has 0 aliphatic carbocycles. The van der Waals surface area contributed by atoms with E-state index in [-0.39, 0.29) is 11.8 Å². The molecule has 1 fully saturated rings. The second kappa shape index (κ2) is 3.98. The zero-order valence-corrected chi connectivity index (χ0v) is 8.27. The molecule has 0 aromatic carbocycles. The molecule has 78 valence electrons. The molecule has 1 N–H and O–H groups in total. The standard InChI is InChI=1S/C9H15N3O2/c1-11-4-5-14-8(6-11)7-12-3-2-10-9(12)13/h2-3,8H,4-7H2,1H3,(H,10,13). The van der Waals surface area contributed by atoms with Gasteiger partial charge in [-0.15, -0.1) is 0 Å². The smallest absolute Gasteiger partial charge is 0.325 e. The predicted molar refractivity (Wildman–Crippen MR) is 52.3 cm³/mol. The lowest BCUT2D eigenvalue weighted by molar-refractivity contribution is -0.0278. The molecule has 1 unspecified atom stereocenters. The summed E-state index contributed by atoms with van der Waals surface area (Å²) in [5.74, 6) is 0. The van der Waals surface area contributed by atoms with Crippen LogP contribution in [-0.4, -0.2) is 47.3 Å². The Morgan fingerprint density at radius 2 is 2.57 bits per heavy atom. The Kier molecular flexibility index (Phi) is 2.69. The molecule has 14 heavy (non-hydrogen) atoms. The minimum atomic E-state index is -0.0678. The van der Waals surface area contributed by atoms with E-state index in [2.05, 4.69) is 16.9 Å². The molecule has 1 aliphatic heterocycles. The van der Waals surface area contributed by atoms with Crippen molar-refractivity contribution in [2.45, 2.75) is 12.6 Å². The summed E-state index contributed by atoms with van der Waals surface area (Å²) < 4.78 is 7.20. The van der Waals surface area contributed by atoms with Crippen LogP contribution in [0.1, 0.15) is 0 Å². The van der Waals surface area contributed by atoms with Gasteiger partial charge in [0.1, 0.15) is 0 Å². The molecule has 5 nitrogen and oxygen atoms in total. The average Bonchev–Trinajstić information content (AvgIpc) is 2.52. The molecule has 2 heterocycles. The van der Waals surface area contributed by atoms with E-state index in [1.165, 1.54) is 0 Å². The van der Waals surface area contributed by atoms with Crippen molar-refractivity contribution < 1.29 is 4.74 Å². The molecular formula is C9H15N3O2. The zero-order chi connectivity index (χ0) is 9.97. The lowest BCUT2D eigenvalue weighted by Crippen LogP contribution is -2.42. The highest BCUT2D eigenvalue weighted by Gasteiger charge is 2.18. The summed E-state index contributed by atoms with van der Waals surface area (Å²) in [5, 5.41) is 0. The molecule has 0 saturated carbocycles. The number of aromatic nitrogens is 2. The van der Waals surface area contributed by atoms with Gasteiger partial charge in [-0.25, -0.2) is 4.79 Å². The van der Waals surface area contributed by atoms with E-state index < -0.39 is 0 Å². The molecule has 5 heteroatoms. The number of likely N-dealkylation sites (N-methyl/N-ethyl adjacent to an activating group) is 1. The maximum absolute atomic E-state index is 11.2. The molecule has 1 aliphatic rings. The van der Waals surface area contributed by atoms with Crippen molar-refractivity contribution in [3.05, 3.63) is 22.9 Å². The van der Waals surface area contributed by atoms with Crippen LogP contribution in [0.3, 0.4) is 0 Å². The SMILES string of the molecule is CN1CCOC(Cn2cc[nH]c2=O)C1. The van der Waals surface area contributed by atoms with E-state index in [4.69, 9.17) is 4.74 Å². The van der Waals surface area contributed by atoms with E-state index in [1.807, 2.05) is 0 Å². The number of morpholine rings is 1. The summed E-state index contributed by atoms with van der Waals surface area (Å²) >= 11 is 0. The van der Waals surface area contributed by atoms with Crippen LogP contribution in [-0.2, 0) is 11.3 Å². The van der Waals surface area contributed by atoms with Gasteiger partial charge in [0.05, 0.1) is 19.3 Å². The van der Waals surface area contributed by atoms with Crippen LogP contribution in [0.5, 0.6) is 0 Å². The van der Waals surface area contributed by atoms with Gasteiger partial charge in [-0.05, 0) is 7.05 Å². The molecule has 1 aromatic rings. The molecule has 1 aromatic heterocycles. The summed E-state index contributed by atoms with van der Waals surface area (Å²) in [7, 11) is 2.06. The number of aromatic amines is 1. The van der Waals surface area contributed by atoms with Gasteiger partial charge in [-0.1, -0.05) is 0 Å². The first kappa shape index (κ1) is 9.48. The zero-order valence-electron chi connectivity index (χ0n) is 8.27. The van der Waals surface area contributed by atoms with Crippen LogP contribution in [0.25, 0.3) is 0 Å². The Morgan fingerprint density at radius 3 is 3.21 bits per heavy atom. The lowest BCUT2D eigenvalue weighted by atomic mass is 10.3. The lowest BCUT2D eigenvalue weighted by Gasteiger charge is -2.29. The van der Waals surface area contributed by atoms with Crippen molar-refractivity contribution in [2.75, 3.05) is 26.7 Å². The van der Waals surface area contributed by atoms with Crippen LogP contribution in [0.15, 0.2) is 17.2 Å². The minimum absolute atomic E-state index is 0.0678. The molecule has 0 spiro atoms. The third-order valence-electron chi connectivity index (χ3n) is 2.46. The first-order chi connectivity index (χ1) is 6.75. The van der Waals surface area contributed by atoms with E-state index in [0.717, 1.165) is 19.7 Å². The van der Waals surface area contributed by atoms with Crippen LogP contribution < -0.4 is 5.69 Å². The van der Waals surface area contributed by atoms with Gasteiger partial charge >= 0.3 is 5.69 Å². The predicted octanol–water partition coefficient (Wildman–Crippen LogP) is -0.493. The number of rotatable bonds is 2. The van der Waals surface area contributed by atoms with Gasteiger partial charge in [0, 0.05) is 25.5 Å². The van der Waals surface area contributed by atoms with Crippen LogP contribution in [0.2, 0.25) is 0 Å². The fourth-order valence-electron chi connectivity index (χ4n) is 1.69. The average molecular weight is 197 g/mol. The summed E-state index contributed by atoms with van der Waals surface area (Å²) in [6.07, 6.45) is 3.53. The summed E-state index contributed by atoms with van der Waals surface area (Å²) in [6, 6.07) is 0. The van der Waals surface area contributed by atoms with Crippen molar-refractivity contribution in [1.82, 2.24) is 14.5 Å². The minimum Gasteiger partial charge on any atom is -0.374 e. The van der Waals surface area contributed by atoms with Gasteiger partial charge < -0.3 is 14.6 Å². The van der Waals surface area contributed by atoms with Crippen molar-refractivity contribution >= 4 is 0 Å². The highest BCUT2D eigenvalue weighted by atomic mass is 16.5. The maximum atomic E-state index is 11.2. The molecular weight excluding hydrogens is 182 g/mol. The van der Waals surface area contributed by atoms with Gasteiger partial charge in [-0.2, -0.15) is 0 Å². The van der Waals surface area contributed by atoms with Gasteiger partial charge in [0.15, 0.2) is 0 Å². The largest absolute Gasteiger partial charge is 0.374 e. The fraction of sp³-hybridized carbons (Fsp3) is 0.667. The fourth-order valence-corrected chi connectivity index (χ4v) is 1.69.